The van der Waals surface area contributed by atoms with Crippen molar-refractivity contribution in [3.05, 3.63) is 65.2 Å². The fraction of sp³-hybridized carbons (Fsp3) is 0.276. The van der Waals surface area contributed by atoms with Crippen molar-refractivity contribution in [3.63, 3.8) is 0 Å². The van der Waals surface area contributed by atoms with Crippen molar-refractivity contribution in [1.29, 1.82) is 0 Å². The number of hydrogen-bond donors (Lipinski definition) is 2. The smallest absolute Gasteiger partial charge is 0.203 e. The number of anilines is 1. The van der Waals surface area contributed by atoms with Crippen LogP contribution >= 0.6 is 0 Å². The van der Waals surface area contributed by atoms with Crippen LogP contribution in [0.4, 0.5) is 5.69 Å². The van der Waals surface area contributed by atoms with Gasteiger partial charge < -0.3 is 34.1 Å². The molecule has 196 valence electrons. The van der Waals surface area contributed by atoms with Crippen LogP contribution in [0.3, 0.4) is 0 Å². The summed E-state index contributed by atoms with van der Waals surface area (Å²) in [5, 5.41) is 12.9. The first-order valence-corrected chi connectivity index (χ1v) is 11.7. The molecule has 0 spiro atoms. The molecule has 1 unspecified atom stereocenters. The van der Waals surface area contributed by atoms with Gasteiger partial charge in [0.05, 0.1) is 35.5 Å². The first-order chi connectivity index (χ1) is 17.8. The van der Waals surface area contributed by atoms with Gasteiger partial charge in [-0.25, -0.2) is 0 Å². The molecule has 0 aromatic heterocycles. The van der Waals surface area contributed by atoms with Gasteiger partial charge in [0.15, 0.2) is 28.8 Å². The number of benzene rings is 3. The minimum atomic E-state index is -0.315. The second-order valence-electron chi connectivity index (χ2n) is 8.28. The van der Waals surface area contributed by atoms with Gasteiger partial charge in [-0.05, 0) is 48.0 Å². The number of carbonyl (C=O) groups excluding carboxylic acids is 1. The third-order valence-electron chi connectivity index (χ3n) is 5.90. The van der Waals surface area contributed by atoms with E-state index in [0.717, 1.165) is 16.8 Å². The summed E-state index contributed by atoms with van der Waals surface area (Å²) in [5.41, 5.74) is 2.98. The lowest BCUT2D eigenvalue weighted by atomic mass is 9.99. The van der Waals surface area contributed by atoms with E-state index in [2.05, 4.69) is 5.32 Å². The van der Waals surface area contributed by atoms with Crippen LogP contribution < -0.4 is 29.0 Å². The Morgan fingerprint density at radius 2 is 1.38 bits per heavy atom. The molecular formula is C29H33NO7. The van der Waals surface area contributed by atoms with E-state index in [1.165, 1.54) is 12.1 Å². The number of phenols is 1. The van der Waals surface area contributed by atoms with Gasteiger partial charge in [0.2, 0.25) is 5.75 Å². The Hall–Kier alpha value is -4.33. The zero-order valence-electron chi connectivity index (χ0n) is 22.0. The molecule has 0 bridgehead atoms. The maximum Gasteiger partial charge on any atom is 0.203 e. The molecule has 0 radical (unpaired) electrons. The lowest BCUT2D eigenvalue weighted by molar-refractivity contribution is 0.0936. The van der Waals surface area contributed by atoms with E-state index < -0.39 is 0 Å². The highest BCUT2D eigenvalue weighted by Gasteiger charge is 2.17. The molecule has 2 N–H and O–H groups in total. The molecule has 0 aliphatic carbocycles. The Bertz CT molecular complexity index is 1230. The second kappa shape index (κ2) is 12.6. The first kappa shape index (κ1) is 27.3. The SMILES string of the molecule is COc1cc(/C=C\c2cc(OC)c(OC)c(OC)c2)c(NCC(C)C(=O)c2ccc(O)cc2)cc1OC. The van der Waals surface area contributed by atoms with Crippen LogP contribution in [0.2, 0.25) is 0 Å². The van der Waals surface area contributed by atoms with Gasteiger partial charge in [0, 0.05) is 35.3 Å². The average molecular weight is 508 g/mol. The normalized spacial score (nSPS) is 11.6. The molecular weight excluding hydrogens is 474 g/mol. The summed E-state index contributed by atoms with van der Waals surface area (Å²) in [6.45, 7) is 2.24. The molecule has 0 fully saturated rings. The minimum Gasteiger partial charge on any atom is -0.508 e. The van der Waals surface area contributed by atoms with Gasteiger partial charge in [-0.15, -0.1) is 0 Å². The lowest BCUT2D eigenvalue weighted by Gasteiger charge is -2.17. The summed E-state index contributed by atoms with van der Waals surface area (Å²) in [4.78, 5) is 12.9. The van der Waals surface area contributed by atoms with Gasteiger partial charge in [0.1, 0.15) is 5.75 Å². The monoisotopic (exact) mass is 507 g/mol. The second-order valence-corrected chi connectivity index (χ2v) is 8.28. The zero-order chi connectivity index (χ0) is 26.9. The van der Waals surface area contributed by atoms with E-state index in [-0.39, 0.29) is 17.5 Å². The number of ketones is 1. The van der Waals surface area contributed by atoms with E-state index in [9.17, 15) is 9.90 Å². The Kier molecular flexibility index (Phi) is 9.27. The highest BCUT2D eigenvalue weighted by molar-refractivity contribution is 5.98. The standard InChI is InChI=1S/C29H33NO7/c1-18(28(32)20-9-11-22(31)12-10-20)17-30-23-16-25(34-3)24(33-2)15-21(23)8-7-19-13-26(35-4)29(37-6)27(14-19)36-5/h7-16,18,30-31H,17H2,1-6H3/b8-7-. The van der Waals surface area contributed by atoms with E-state index in [1.54, 1.807) is 47.7 Å². The number of Topliss-reactive ketones (excluding diaryl/α,β-unsaturated/α-hetero) is 1. The van der Waals surface area contributed by atoms with Crippen molar-refractivity contribution >= 4 is 23.6 Å². The molecule has 3 rings (SSSR count). The number of methoxy groups -OCH3 is 5. The maximum absolute atomic E-state index is 12.9. The average Bonchev–Trinajstić information content (AvgIpc) is 2.93. The van der Waals surface area contributed by atoms with Crippen LogP contribution in [0.25, 0.3) is 12.2 Å². The van der Waals surface area contributed by atoms with Crippen molar-refractivity contribution in [2.45, 2.75) is 6.92 Å². The molecule has 8 heteroatoms. The van der Waals surface area contributed by atoms with Gasteiger partial charge in [0.25, 0.3) is 0 Å². The summed E-state index contributed by atoms with van der Waals surface area (Å²) in [6, 6.07) is 13.7. The third-order valence-corrected chi connectivity index (χ3v) is 5.90. The van der Waals surface area contributed by atoms with Crippen molar-refractivity contribution in [2.75, 3.05) is 47.4 Å². The molecule has 0 aliphatic heterocycles. The fourth-order valence-corrected chi connectivity index (χ4v) is 3.84. The van der Waals surface area contributed by atoms with Gasteiger partial charge in [-0.1, -0.05) is 19.1 Å². The quantitative estimate of drug-likeness (QED) is 0.244. The lowest BCUT2D eigenvalue weighted by Crippen LogP contribution is -2.20. The predicted molar refractivity (Wildman–Crippen MR) is 145 cm³/mol. The van der Waals surface area contributed by atoms with Crippen LogP contribution in [0, 0.1) is 5.92 Å². The van der Waals surface area contributed by atoms with Crippen LogP contribution in [0.5, 0.6) is 34.5 Å². The van der Waals surface area contributed by atoms with Gasteiger partial charge in [-0.3, -0.25) is 4.79 Å². The number of rotatable bonds is 12. The third kappa shape index (κ3) is 6.46. The topological polar surface area (TPSA) is 95.5 Å². The molecule has 3 aromatic rings. The van der Waals surface area contributed by atoms with E-state index in [0.29, 0.717) is 40.9 Å². The summed E-state index contributed by atoms with van der Waals surface area (Å²) in [7, 11) is 7.86. The molecule has 0 heterocycles. The minimum absolute atomic E-state index is 0.0255. The molecule has 0 saturated heterocycles. The van der Waals surface area contributed by atoms with Gasteiger partial charge in [-0.2, -0.15) is 0 Å². The number of carbonyl (C=O) groups is 1. The number of ether oxygens (including phenoxy) is 5. The molecule has 1 atom stereocenters. The summed E-state index contributed by atoms with van der Waals surface area (Å²) < 4.78 is 27.3. The van der Waals surface area contributed by atoms with Crippen molar-refractivity contribution < 1.29 is 33.6 Å². The van der Waals surface area contributed by atoms with Crippen LogP contribution in [-0.4, -0.2) is 53.0 Å². The Morgan fingerprint density at radius 3 is 1.92 bits per heavy atom. The van der Waals surface area contributed by atoms with E-state index in [1.807, 2.05) is 43.3 Å². The van der Waals surface area contributed by atoms with Crippen molar-refractivity contribution in [1.82, 2.24) is 0 Å². The summed E-state index contributed by atoms with van der Waals surface area (Å²) in [5.74, 6) is 2.53. The fourth-order valence-electron chi connectivity index (χ4n) is 3.84. The van der Waals surface area contributed by atoms with Gasteiger partial charge >= 0.3 is 0 Å². The van der Waals surface area contributed by atoms with Crippen LogP contribution in [0.1, 0.15) is 28.4 Å². The molecule has 3 aromatic carbocycles. The number of phenolic OH excluding ortho intramolecular Hbond substituents is 1. The molecule has 0 aliphatic rings. The number of hydrogen-bond acceptors (Lipinski definition) is 8. The highest BCUT2D eigenvalue weighted by Crippen LogP contribution is 2.39. The molecule has 0 amide bonds. The number of nitrogens with one attached hydrogen (secondary N) is 1. The Balaban J connectivity index is 1.90. The first-order valence-electron chi connectivity index (χ1n) is 11.7. The van der Waals surface area contributed by atoms with Crippen LogP contribution in [0.15, 0.2) is 48.5 Å². The molecule has 0 saturated carbocycles. The Morgan fingerprint density at radius 1 is 0.811 bits per heavy atom. The molecule has 37 heavy (non-hydrogen) atoms. The van der Waals surface area contributed by atoms with Crippen LogP contribution in [-0.2, 0) is 0 Å². The van der Waals surface area contributed by atoms with Crippen molar-refractivity contribution in [2.24, 2.45) is 5.92 Å². The van der Waals surface area contributed by atoms with E-state index >= 15 is 0 Å². The summed E-state index contributed by atoms with van der Waals surface area (Å²) in [6.07, 6.45) is 3.85. The van der Waals surface area contributed by atoms with Crippen molar-refractivity contribution in [3.8, 4) is 34.5 Å². The zero-order valence-corrected chi connectivity index (χ0v) is 22.0. The summed E-state index contributed by atoms with van der Waals surface area (Å²) >= 11 is 0. The largest absolute Gasteiger partial charge is 0.508 e. The Labute approximate surface area is 217 Å². The predicted octanol–water partition coefficient (Wildman–Crippen LogP) is 5.54. The molecule has 8 nitrogen and oxygen atoms in total. The maximum atomic E-state index is 12.9. The number of aromatic hydroxyl groups is 1. The highest BCUT2D eigenvalue weighted by atomic mass is 16.5. The van der Waals surface area contributed by atoms with E-state index in [4.69, 9.17) is 23.7 Å².